The van der Waals surface area contributed by atoms with Gasteiger partial charge in [0, 0.05) is 54.9 Å². The number of hydrogen-bond donors (Lipinski definition) is 0. The zero-order valence-electron chi connectivity index (χ0n) is 34.9. The monoisotopic (exact) mass is 747 g/mol. The van der Waals surface area contributed by atoms with Crippen LogP contribution in [-0.4, -0.2) is 0 Å². The Bertz CT molecular complexity index is 3560. The minimum absolute atomic E-state index is 0.131. The molecule has 0 saturated carbocycles. The summed E-state index contributed by atoms with van der Waals surface area (Å²) in [4.78, 5) is 1.82. The third-order valence-corrected chi connectivity index (χ3v) is 11.2. The van der Waals surface area contributed by atoms with E-state index in [1.807, 2.05) is 150 Å². The fourth-order valence-corrected chi connectivity index (χ4v) is 8.51. The molecular formula is C54H33NO3. The number of hydrogen-bond acceptors (Lipinski definition) is 4. The van der Waals surface area contributed by atoms with E-state index in [0.29, 0.717) is 28.1 Å². The molecule has 12 aromatic rings. The van der Waals surface area contributed by atoms with Gasteiger partial charge < -0.3 is 18.2 Å². The Balaban J connectivity index is 1.03. The summed E-state index contributed by atoms with van der Waals surface area (Å²) in [5, 5.41) is 5.88. The van der Waals surface area contributed by atoms with E-state index in [0.717, 1.165) is 76.9 Å². The van der Waals surface area contributed by atoms with Crippen LogP contribution in [0.5, 0.6) is 0 Å². The fourth-order valence-electron chi connectivity index (χ4n) is 8.51. The van der Waals surface area contributed by atoms with Crippen molar-refractivity contribution in [2.24, 2.45) is 0 Å². The molecule has 4 heteroatoms. The lowest BCUT2D eigenvalue weighted by atomic mass is 9.98. The first-order chi connectivity index (χ1) is 30.4. The first-order valence-electron chi connectivity index (χ1n) is 21.3. The van der Waals surface area contributed by atoms with Crippen LogP contribution in [0.15, 0.2) is 213 Å². The minimum atomic E-state index is -0.175. The van der Waals surface area contributed by atoms with E-state index in [9.17, 15) is 5.48 Å². The van der Waals surface area contributed by atoms with Crippen LogP contribution in [0.1, 0.15) is 5.48 Å². The Morgan fingerprint density at radius 3 is 1.29 bits per heavy atom. The fraction of sp³-hybridized carbons (Fsp3) is 0. The maximum absolute atomic E-state index is 9.64. The number of rotatable bonds is 6. The second-order valence-electron chi connectivity index (χ2n) is 14.5. The van der Waals surface area contributed by atoms with Crippen molar-refractivity contribution in [2.45, 2.75) is 0 Å². The summed E-state index contributed by atoms with van der Waals surface area (Å²) >= 11 is 0. The topological polar surface area (TPSA) is 42.7 Å². The van der Waals surface area contributed by atoms with Gasteiger partial charge in [-0.1, -0.05) is 133 Å². The van der Waals surface area contributed by atoms with Crippen LogP contribution >= 0.6 is 0 Å². The second-order valence-corrected chi connectivity index (χ2v) is 14.5. The Hall–Kier alpha value is -7.82. The molecule has 12 rings (SSSR count). The van der Waals surface area contributed by atoms with Crippen molar-refractivity contribution in [3.63, 3.8) is 0 Å². The molecular weight excluding hydrogens is 711 g/mol. The molecule has 0 saturated heterocycles. The number of para-hydroxylation sites is 4. The third-order valence-electron chi connectivity index (χ3n) is 11.2. The largest absolute Gasteiger partial charge is 0.456 e. The van der Waals surface area contributed by atoms with Crippen LogP contribution in [-0.2, 0) is 0 Å². The quantitative estimate of drug-likeness (QED) is 0.170. The maximum atomic E-state index is 9.64. The molecule has 0 N–H and O–H groups in total. The van der Waals surface area contributed by atoms with Crippen molar-refractivity contribution >= 4 is 82.9 Å². The summed E-state index contributed by atoms with van der Waals surface area (Å²) in [6.07, 6.45) is 0. The van der Waals surface area contributed by atoms with Gasteiger partial charge in [0.15, 0.2) is 0 Å². The van der Waals surface area contributed by atoms with Gasteiger partial charge in [-0.15, -0.1) is 0 Å². The molecule has 4 nitrogen and oxygen atoms in total. The van der Waals surface area contributed by atoms with E-state index in [2.05, 4.69) is 24.3 Å². The average Bonchev–Trinajstić information content (AvgIpc) is 4.02. The minimum Gasteiger partial charge on any atom is -0.456 e. The van der Waals surface area contributed by atoms with E-state index in [-0.39, 0.29) is 35.4 Å². The molecule has 0 atom stereocenters. The lowest BCUT2D eigenvalue weighted by Crippen LogP contribution is -2.09. The molecule has 0 radical (unpaired) electrons. The number of nitrogens with zero attached hydrogens (tertiary/aromatic N) is 1. The van der Waals surface area contributed by atoms with Gasteiger partial charge in [-0.25, -0.2) is 0 Å². The highest BCUT2D eigenvalue weighted by Crippen LogP contribution is 2.43. The molecule has 0 aliphatic heterocycles. The Kier molecular flexibility index (Phi) is 6.34. The van der Waals surface area contributed by atoms with Gasteiger partial charge in [-0.2, -0.15) is 0 Å². The molecule has 272 valence electrons. The van der Waals surface area contributed by atoms with Crippen molar-refractivity contribution in [3.05, 3.63) is 200 Å². The molecule has 3 heterocycles. The molecule has 0 unspecified atom stereocenters. The van der Waals surface area contributed by atoms with Gasteiger partial charge >= 0.3 is 0 Å². The summed E-state index contributed by atoms with van der Waals surface area (Å²) in [6, 6.07) is 56.9. The van der Waals surface area contributed by atoms with Gasteiger partial charge in [0.05, 0.1) is 5.48 Å². The van der Waals surface area contributed by atoms with E-state index < -0.39 is 0 Å². The lowest BCUT2D eigenvalue weighted by Gasteiger charge is -2.26. The Labute approximate surface area is 339 Å². The van der Waals surface area contributed by atoms with Crippen LogP contribution in [0.4, 0.5) is 17.1 Å². The molecule has 0 spiro atoms. The average molecular weight is 748 g/mol. The Morgan fingerprint density at radius 1 is 0.310 bits per heavy atom. The van der Waals surface area contributed by atoms with E-state index >= 15 is 0 Å². The van der Waals surface area contributed by atoms with Crippen molar-refractivity contribution in [2.75, 3.05) is 4.90 Å². The molecule has 3 aromatic heterocycles. The number of fused-ring (bicyclic) bond motifs is 9. The molecule has 0 amide bonds. The summed E-state index contributed by atoms with van der Waals surface area (Å²) in [5.41, 5.74) is 10.6. The zero-order chi connectivity index (χ0) is 41.6. The van der Waals surface area contributed by atoms with Gasteiger partial charge in [0.2, 0.25) is 0 Å². The predicted octanol–water partition coefficient (Wildman–Crippen LogP) is 15.9. The van der Waals surface area contributed by atoms with E-state index in [4.69, 9.17) is 13.3 Å². The highest BCUT2D eigenvalue weighted by molar-refractivity contribution is 6.14. The predicted molar refractivity (Wildman–Crippen MR) is 239 cm³/mol. The van der Waals surface area contributed by atoms with Crippen molar-refractivity contribution in [1.29, 1.82) is 0 Å². The zero-order valence-corrected chi connectivity index (χ0v) is 30.9. The first-order valence-corrected chi connectivity index (χ1v) is 19.3. The van der Waals surface area contributed by atoms with Crippen LogP contribution in [0, 0.1) is 0 Å². The number of benzene rings is 9. The summed E-state index contributed by atoms with van der Waals surface area (Å²) in [6.45, 7) is 0. The van der Waals surface area contributed by atoms with Gasteiger partial charge in [0.1, 0.15) is 33.5 Å². The van der Waals surface area contributed by atoms with Gasteiger partial charge in [-0.05, 0) is 94.5 Å². The highest BCUT2D eigenvalue weighted by atomic mass is 16.3. The molecule has 9 aromatic carbocycles. The molecule has 0 fully saturated rings. The normalized spacial score (nSPS) is 12.8. The summed E-state index contributed by atoms with van der Waals surface area (Å²) < 4.78 is 57.0. The Morgan fingerprint density at radius 2 is 0.741 bits per heavy atom. The molecule has 58 heavy (non-hydrogen) atoms. The standard InChI is InChI=1S/C54H33NO3/c1-4-17-47-43(10-1)44-16-7-15-42(54(44)58-47)36-26-32-39(33-27-36)55(37-28-22-34(23-29-37)40-13-8-20-50-52(40)45-11-2-5-18-48(45)56-50)38-30-24-35(25-31-38)41-14-9-21-51-53(41)46-12-3-6-19-49(46)57-51/h1-33H/i26D,27D,32D,33D. The van der Waals surface area contributed by atoms with Gasteiger partial charge in [-0.3, -0.25) is 0 Å². The van der Waals surface area contributed by atoms with E-state index in [1.165, 1.54) is 0 Å². The maximum Gasteiger partial charge on any atom is 0.143 e. The molecule has 0 aliphatic rings. The van der Waals surface area contributed by atoms with Crippen molar-refractivity contribution in [3.8, 4) is 33.4 Å². The van der Waals surface area contributed by atoms with Crippen LogP contribution < -0.4 is 4.90 Å². The molecule has 0 aliphatic carbocycles. The van der Waals surface area contributed by atoms with Crippen molar-refractivity contribution in [1.82, 2.24) is 0 Å². The third kappa shape index (κ3) is 5.09. The van der Waals surface area contributed by atoms with Gasteiger partial charge in [0.25, 0.3) is 0 Å². The molecule has 0 bridgehead atoms. The second kappa shape index (κ2) is 12.9. The van der Waals surface area contributed by atoms with Crippen LogP contribution in [0.2, 0.25) is 0 Å². The number of anilines is 3. The van der Waals surface area contributed by atoms with Crippen LogP contribution in [0.25, 0.3) is 99.2 Å². The number of furan rings is 3. The van der Waals surface area contributed by atoms with Crippen molar-refractivity contribution < 1.29 is 18.7 Å². The smallest absolute Gasteiger partial charge is 0.143 e. The summed E-state index contributed by atoms with van der Waals surface area (Å²) in [5.74, 6) is 0. The van der Waals surface area contributed by atoms with E-state index in [1.54, 1.807) is 6.07 Å². The summed E-state index contributed by atoms with van der Waals surface area (Å²) in [7, 11) is 0. The highest BCUT2D eigenvalue weighted by Gasteiger charge is 2.18. The first kappa shape index (κ1) is 28.6. The van der Waals surface area contributed by atoms with Crippen LogP contribution in [0.3, 0.4) is 0 Å². The SMILES string of the molecule is [2H]c1c([2H])c(N(c2ccc(-c3cccc4oc5ccccc5c34)cc2)c2ccc(-c3cccc4oc5ccccc5c34)cc2)c([2H])c([2H])c1-c1cccc2c1oc1ccccc12. The lowest BCUT2D eigenvalue weighted by molar-refractivity contribution is 0.668.